The summed E-state index contributed by atoms with van der Waals surface area (Å²) < 4.78 is 21.8. The summed E-state index contributed by atoms with van der Waals surface area (Å²) in [6.07, 6.45) is 2.28. The predicted octanol–water partition coefficient (Wildman–Crippen LogP) is 4.83. The van der Waals surface area contributed by atoms with Crippen LogP contribution in [0.1, 0.15) is 50.3 Å². The minimum atomic E-state index is -0.602. The molecule has 3 aromatic rings. The van der Waals surface area contributed by atoms with E-state index in [4.69, 9.17) is 4.74 Å². The molecular weight excluding hydrogens is 353 g/mol. The minimum Gasteiger partial charge on any atom is -0.453 e. The van der Waals surface area contributed by atoms with Gasteiger partial charge in [-0.15, -0.1) is 11.3 Å². The fourth-order valence-corrected chi connectivity index (χ4v) is 4.33. The van der Waals surface area contributed by atoms with Crippen molar-refractivity contribution in [3.8, 4) is 0 Å². The summed E-state index contributed by atoms with van der Waals surface area (Å²) >= 11 is 1.16. The van der Waals surface area contributed by atoms with Crippen LogP contribution < -0.4 is 0 Å². The molecule has 6 heteroatoms. The summed E-state index contributed by atoms with van der Waals surface area (Å²) in [6, 6.07) is 8.52. The van der Waals surface area contributed by atoms with Gasteiger partial charge in [0.2, 0.25) is 5.78 Å². The molecule has 0 spiro atoms. The number of thiophene rings is 1. The number of nitrogens with zero attached hydrogens (tertiary/aromatic N) is 1. The lowest BCUT2D eigenvalue weighted by Gasteiger charge is -2.07. The number of aromatic nitrogens is 1. The molecule has 4 rings (SSSR count). The summed E-state index contributed by atoms with van der Waals surface area (Å²) in [5.74, 6) is -1.19. The van der Waals surface area contributed by atoms with E-state index in [-0.39, 0.29) is 18.2 Å². The molecule has 1 aromatic carbocycles. The maximum absolute atomic E-state index is 13.8. The molecule has 0 unspecified atom stereocenters. The van der Waals surface area contributed by atoms with E-state index in [2.05, 4.69) is 4.57 Å². The molecule has 134 valence electrons. The number of benzene rings is 1. The van der Waals surface area contributed by atoms with Gasteiger partial charge in [-0.2, -0.15) is 0 Å². The molecule has 0 amide bonds. The van der Waals surface area contributed by atoms with E-state index < -0.39 is 5.97 Å². The highest BCUT2D eigenvalue weighted by Gasteiger charge is 2.28. The monoisotopic (exact) mass is 371 g/mol. The highest BCUT2D eigenvalue weighted by molar-refractivity contribution is 7.20. The maximum atomic E-state index is 13.8. The van der Waals surface area contributed by atoms with Crippen molar-refractivity contribution in [3.05, 3.63) is 58.0 Å². The topological polar surface area (TPSA) is 48.3 Å². The number of ether oxygens (including phenoxy) is 1. The lowest BCUT2D eigenvalue weighted by molar-refractivity contribution is 0.0479. The van der Waals surface area contributed by atoms with Gasteiger partial charge in [0.1, 0.15) is 10.7 Å². The standard InChI is InChI=1S/C20H18FNO3S/c1-11-8-14(12(2)22(11)13-6-7-13)17(23)10-25-20(24)19-9-15-16(21)4-3-5-18(15)26-19/h3-5,8-9,13H,6-7,10H2,1-2H3. The first-order valence-corrected chi connectivity index (χ1v) is 9.34. The first-order valence-electron chi connectivity index (χ1n) is 8.52. The molecule has 0 atom stereocenters. The Morgan fingerprint density at radius 1 is 1.27 bits per heavy atom. The van der Waals surface area contributed by atoms with Crippen LogP contribution in [-0.2, 0) is 4.74 Å². The van der Waals surface area contributed by atoms with Crippen molar-refractivity contribution >= 4 is 33.2 Å². The van der Waals surface area contributed by atoms with Gasteiger partial charge in [0, 0.05) is 33.1 Å². The Morgan fingerprint density at radius 3 is 2.73 bits per heavy atom. The molecular formula is C20H18FNO3S. The zero-order chi connectivity index (χ0) is 18.4. The second kappa shape index (κ2) is 6.36. The SMILES string of the molecule is Cc1cc(C(=O)COC(=O)c2cc3c(F)cccc3s2)c(C)n1C1CC1. The Balaban J connectivity index is 1.48. The van der Waals surface area contributed by atoms with E-state index in [1.54, 1.807) is 12.1 Å². The lowest BCUT2D eigenvalue weighted by atomic mass is 10.1. The number of carbonyl (C=O) groups is 2. The fraction of sp³-hybridized carbons (Fsp3) is 0.300. The summed E-state index contributed by atoms with van der Waals surface area (Å²) in [5, 5.41) is 0.392. The molecule has 1 aliphatic rings. The summed E-state index contributed by atoms with van der Waals surface area (Å²) in [7, 11) is 0. The first kappa shape index (κ1) is 17.0. The number of rotatable bonds is 5. The van der Waals surface area contributed by atoms with Crippen molar-refractivity contribution in [3.63, 3.8) is 0 Å². The van der Waals surface area contributed by atoms with Gasteiger partial charge < -0.3 is 9.30 Å². The lowest BCUT2D eigenvalue weighted by Crippen LogP contribution is -2.14. The second-order valence-corrected chi connectivity index (χ2v) is 7.73. The van der Waals surface area contributed by atoms with Crippen molar-refractivity contribution in [2.75, 3.05) is 6.61 Å². The Morgan fingerprint density at radius 2 is 2.04 bits per heavy atom. The average Bonchev–Trinajstić information content (AvgIpc) is 3.25. The number of hydrogen-bond acceptors (Lipinski definition) is 4. The molecule has 0 N–H and O–H groups in total. The Kier molecular flexibility index (Phi) is 4.15. The molecule has 1 aliphatic carbocycles. The number of Topliss-reactive ketones (excluding diaryl/α,β-unsaturated/α-hetero) is 1. The number of fused-ring (bicyclic) bond motifs is 1. The van der Waals surface area contributed by atoms with Crippen LogP contribution in [0, 0.1) is 19.7 Å². The molecule has 0 saturated heterocycles. The maximum Gasteiger partial charge on any atom is 0.348 e. The zero-order valence-corrected chi connectivity index (χ0v) is 15.4. The van der Waals surface area contributed by atoms with E-state index in [0.29, 0.717) is 26.6 Å². The van der Waals surface area contributed by atoms with Crippen LogP contribution in [0.25, 0.3) is 10.1 Å². The number of halogens is 1. The van der Waals surface area contributed by atoms with Crippen molar-refractivity contribution in [1.82, 2.24) is 4.57 Å². The highest BCUT2D eigenvalue weighted by atomic mass is 32.1. The van der Waals surface area contributed by atoms with Gasteiger partial charge in [0.15, 0.2) is 6.61 Å². The van der Waals surface area contributed by atoms with E-state index >= 15 is 0 Å². The zero-order valence-electron chi connectivity index (χ0n) is 14.5. The summed E-state index contributed by atoms with van der Waals surface area (Å²) in [6.45, 7) is 3.60. The van der Waals surface area contributed by atoms with Crippen molar-refractivity contribution in [1.29, 1.82) is 0 Å². The predicted molar refractivity (Wildman–Crippen MR) is 98.6 cm³/mol. The third kappa shape index (κ3) is 2.94. The fourth-order valence-electron chi connectivity index (χ4n) is 3.36. The Labute approximate surface area is 154 Å². The summed E-state index contributed by atoms with van der Waals surface area (Å²) in [4.78, 5) is 25.0. The molecule has 2 heterocycles. The largest absolute Gasteiger partial charge is 0.453 e. The van der Waals surface area contributed by atoms with Crippen molar-refractivity contribution in [2.24, 2.45) is 0 Å². The van der Waals surface area contributed by atoms with E-state index in [1.165, 1.54) is 12.1 Å². The van der Waals surface area contributed by atoms with Gasteiger partial charge in [-0.25, -0.2) is 9.18 Å². The van der Waals surface area contributed by atoms with Crippen LogP contribution in [0.5, 0.6) is 0 Å². The van der Waals surface area contributed by atoms with Crippen LogP contribution in [-0.4, -0.2) is 22.9 Å². The Bertz CT molecular complexity index is 1030. The molecule has 4 nitrogen and oxygen atoms in total. The molecule has 26 heavy (non-hydrogen) atoms. The van der Waals surface area contributed by atoms with Crippen LogP contribution in [0.4, 0.5) is 4.39 Å². The number of carbonyl (C=O) groups excluding carboxylic acids is 2. The van der Waals surface area contributed by atoms with Crippen LogP contribution in [0.3, 0.4) is 0 Å². The summed E-state index contributed by atoms with van der Waals surface area (Å²) in [5.41, 5.74) is 2.58. The van der Waals surface area contributed by atoms with Crippen LogP contribution >= 0.6 is 11.3 Å². The average molecular weight is 371 g/mol. The van der Waals surface area contributed by atoms with Crippen LogP contribution in [0.2, 0.25) is 0 Å². The number of ketones is 1. The third-order valence-electron chi connectivity index (χ3n) is 4.74. The van der Waals surface area contributed by atoms with Crippen molar-refractivity contribution < 1.29 is 18.7 Å². The van der Waals surface area contributed by atoms with Crippen LogP contribution in [0.15, 0.2) is 30.3 Å². The smallest absolute Gasteiger partial charge is 0.348 e. The van der Waals surface area contributed by atoms with Crippen molar-refractivity contribution in [2.45, 2.75) is 32.7 Å². The molecule has 2 aromatic heterocycles. The van der Waals surface area contributed by atoms with Gasteiger partial charge in [0.25, 0.3) is 0 Å². The highest BCUT2D eigenvalue weighted by Crippen LogP contribution is 2.38. The van der Waals surface area contributed by atoms with Gasteiger partial charge in [-0.1, -0.05) is 6.07 Å². The van der Waals surface area contributed by atoms with Gasteiger partial charge >= 0.3 is 5.97 Å². The third-order valence-corrected chi connectivity index (χ3v) is 5.82. The van der Waals surface area contributed by atoms with Gasteiger partial charge in [-0.05, 0) is 51.0 Å². The molecule has 1 fully saturated rings. The first-order chi connectivity index (χ1) is 12.5. The Hall–Kier alpha value is -2.47. The normalized spacial score (nSPS) is 14.0. The number of hydrogen-bond donors (Lipinski definition) is 0. The number of aryl methyl sites for hydroxylation is 1. The number of esters is 1. The van der Waals surface area contributed by atoms with Gasteiger partial charge in [0.05, 0.1) is 0 Å². The minimum absolute atomic E-state index is 0.217. The molecule has 0 bridgehead atoms. The van der Waals surface area contributed by atoms with E-state index in [1.807, 2.05) is 19.9 Å². The second-order valence-electron chi connectivity index (χ2n) is 6.65. The quantitative estimate of drug-likeness (QED) is 0.477. The van der Waals surface area contributed by atoms with E-state index in [9.17, 15) is 14.0 Å². The molecule has 0 aliphatic heterocycles. The van der Waals surface area contributed by atoms with Gasteiger partial charge in [-0.3, -0.25) is 4.79 Å². The van der Waals surface area contributed by atoms with E-state index in [0.717, 1.165) is 35.6 Å². The molecule has 0 radical (unpaired) electrons. The molecule has 1 saturated carbocycles.